The van der Waals surface area contributed by atoms with E-state index in [1.165, 1.54) is 6.07 Å². The second-order valence-corrected chi connectivity index (χ2v) is 8.90. The third-order valence-corrected chi connectivity index (χ3v) is 5.41. The fraction of sp³-hybridized carbons (Fsp3) is 0.421. The van der Waals surface area contributed by atoms with Crippen LogP contribution in [0.5, 0.6) is 0 Å². The number of aromatic nitrogens is 2. The maximum Gasteiger partial charge on any atom is 0.333 e. The highest BCUT2D eigenvalue weighted by Gasteiger charge is 2.22. The molecular formula is C19H26N4O3S. The molecular weight excluding hydrogens is 364 g/mol. The number of urea groups is 1. The van der Waals surface area contributed by atoms with Crippen LogP contribution in [0.2, 0.25) is 0 Å². The van der Waals surface area contributed by atoms with Gasteiger partial charge in [-0.3, -0.25) is 0 Å². The van der Waals surface area contributed by atoms with E-state index in [4.69, 9.17) is 0 Å². The fourth-order valence-electron chi connectivity index (χ4n) is 2.81. The lowest BCUT2D eigenvalue weighted by molar-refractivity contribution is 0.256. The predicted molar refractivity (Wildman–Crippen MR) is 105 cm³/mol. The zero-order valence-electron chi connectivity index (χ0n) is 16.5. The average Bonchev–Trinajstić information content (AvgIpc) is 2.55. The number of rotatable bonds is 5. The summed E-state index contributed by atoms with van der Waals surface area (Å²) in [6.45, 7) is 11.8. The van der Waals surface area contributed by atoms with Crippen LogP contribution in [0.4, 0.5) is 10.5 Å². The zero-order valence-corrected chi connectivity index (χ0v) is 17.3. The number of carbonyl (C=O) groups is 1. The van der Waals surface area contributed by atoms with Gasteiger partial charge in [-0.15, -0.1) is 0 Å². The Hall–Kier alpha value is -2.48. The van der Waals surface area contributed by atoms with Crippen molar-refractivity contribution in [2.45, 2.75) is 58.3 Å². The molecule has 0 atom stereocenters. The molecule has 8 heteroatoms. The van der Waals surface area contributed by atoms with Crippen LogP contribution in [-0.4, -0.2) is 24.6 Å². The van der Waals surface area contributed by atoms with Gasteiger partial charge in [-0.05, 0) is 42.9 Å². The molecule has 0 aliphatic carbocycles. The molecule has 0 unspecified atom stereocenters. The van der Waals surface area contributed by atoms with E-state index >= 15 is 0 Å². The molecule has 146 valence electrons. The molecule has 1 aromatic carbocycles. The van der Waals surface area contributed by atoms with Gasteiger partial charge in [0, 0.05) is 5.69 Å². The van der Waals surface area contributed by atoms with Crippen molar-refractivity contribution >= 4 is 21.7 Å². The van der Waals surface area contributed by atoms with Gasteiger partial charge < -0.3 is 5.32 Å². The minimum atomic E-state index is -4.04. The third-order valence-electron chi connectivity index (χ3n) is 4.12. The van der Waals surface area contributed by atoms with Gasteiger partial charge in [0.25, 0.3) is 10.0 Å². The van der Waals surface area contributed by atoms with Crippen LogP contribution in [0.3, 0.4) is 0 Å². The lowest BCUT2D eigenvalue weighted by Gasteiger charge is -2.21. The molecule has 0 saturated carbocycles. The maximum absolute atomic E-state index is 12.5. The van der Waals surface area contributed by atoms with Crippen molar-refractivity contribution in [2.24, 2.45) is 0 Å². The topological polar surface area (TPSA) is 101 Å². The molecule has 0 fully saturated rings. The van der Waals surface area contributed by atoms with Crippen LogP contribution in [0.15, 0.2) is 29.3 Å². The normalized spacial score (nSPS) is 11.7. The number of nitrogens with one attached hydrogen (secondary N) is 2. The van der Waals surface area contributed by atoms with E-state index < -0.39 is 16.1 Å². The summed E-state index contributed by atoms with van der Waals surface area (Å²) in [7, 11) is -4.04. The second kappa shape index (κ2) is 8.04. The Bertz CT molecular complexity index is 924. The van der Waals surface area contributed by atoms with E-state index in [0.29, 0.717) is 11.4 Å². The van der Waals surface area contributed by atoms with E-state index in [9.17, 15) is 13.2 Å². The van der Waals surface area contributed by atoms with E-state index in [1.807, 2.05) is 51.5 Å². The van der Waals surface area contributed by atoms with Crippen molar-refractivity contribution in [3.05, 3.63) is 46.8 Å². The summed E-state index contributed by atoms with van der Waals surface area (Å²) in [4.78, 5) is 12.4. The summed E-state index contributed by atoms with van der Waals surface area (Å²) < 4.78 is 26.9. The van der Waals surface area contributed by atoms with Crippen molar-refractivity contribution in [2.75, 3.05) is 5.32 Å². The minimum Gasteiger partial charge on any atom is -0.307 e. The Balaban J connectivity index is 2.35. The first-order valence-electron chi connectivity index (χ1n) is 8.78. The molecule has 0 radical (unpaired) electrons. The molecule has 2 aromatic rings. The molecule has 1 aromatic heterocycles. The van der Waals surface area contributed by atoms with Crippen molar-refractivity contribution in [3.8, 4) is 0 Å². The van der Waals surface area contributed by atoms with Gasteiger partial charge in [-0.1, -0.05) is 45.4 Å². The van der Waals surface area contributed by atoms with Crippen LogP contribution >= 0.6 is 0 Å². The van der Waals surface area contributed by atoms with Crippen LogP contribution in [-0.2, 0) is 10.0 Å². The van der Waals surface area contributed by atoms with Crippen LogP contribution in [0.1, 0.15) is 61.9 Å². The van der Waals surface area contributed by atoms with E-state index in [0.717, 1.165) is 22.9 Å². The summed E-state index contributed by atoms with van der Waals surface area (Å²) in [5.74, 6) is 0.336. The minimum absolute atomic E-state index is 0.109. The smallest absolute Gasteiger partial charge is 0.307 e. The Labute approximate surface area is 160 Å². The Morgan fingerprint density at radius 3 is 2.04 bits per heavy atom. The molecule has 0 aliphatic heterocycles. The van der Waals surface area contributed by atoms with E-state index in [-0.39, 0.29) is 16.7 Å². The molecule has 2 rings (SSSR count). The van der Waals surface area contributed by atoms with Gasteiger partial charge in [0.15, 0.2) is 0 Å². The highest BCUT2D eigenvalue weighted by atomic mass is 32.2. The molecule has 2 amide bonds. The van der Waals surface area contributed by atoms with E-state index in [1.54, 1.807) is 6.92 Å². The van der Waals surface area contributed by atoms with Gasteiger partial charge in [-0.2, -0.15) is 10.2 Å². The first kappa shape index (κ1) is 20.8. The van der Waals surface area contributed by atoms with Crippen molar-refractivity contribution in [1.29, 1.82) is 0 Å². The Morgan fingerprint density at radius 2 is 1.56 bits per heavy atom. The summed E-state index contributed by atoms with van der Waals surface area (Å²) in [5.41, 5.74) is 4.13. The van der Waals surface area contributed by atoms with Gasteiger partial charge in [0.2, 0.25) is 0 Å². The SMILES string of the molecule is Cc1cc(C(C)C)c(NC(=O)NS(=O)(=O)c2cnnc(C)c2)c(C(C)C)c1. The number of hydrogen-bond acceptors (Lipinski definition) is 5. The Kier molecular flexibility index (Phi) is 6.20. The molecule has 0 spiro atoms. The van der Waals surface area contributed by atoms with Crippen molar-refractivity contribution in [1.82, 2.24) is 14.9 Å². The molecule has 1 heterocycles. The number of sulfonamides is 1. The predicted octanol–water partition coefficient (Wildman–Crippen LogP) is 3.85. The molecule has 27 heavy (non-hydrogen) atoms. The number of hydrogen-bond donors (Lipinski definition) is 2. The van der Waals surface area contributed by atoms with Crippen LogP contribution in [0, 0.1) is 13.8 Å². The highest BCUT2D eigenvalue weighted by molar-refractivity contribution is 7.90. The van der Waals surface area contributed by atoms with Gasteiger partial charge in [-0.25, -0.2) is 17.9 Å². The summed E-state index contributed by atoms with van der Waals surface area (Å²) in [6.07, 6.45) is 1.10. The van der Waals surface area contributed by atoms with Crippen LogP contribution in [0.25, 0.3) is 0 Å². The van der Waals surface area contributed by atoms with Crippen LogP contribution < -0.4 is 10.0 Å². The first-order valence-corrected chi connectivity index (χ1v) is 10.3. The largest absolute Gasteiger partial charge is 0.333 e. The number of nitrogens with zero attached hydrogens (tertiary/aromatic N) is 2. The standard InChI is InChI=1S/C19H26N4O3S/c1-11(2)16-7-13(5)8-17(12(3)4)18(16)21-19(24)23-27(25,26)15-9-14(6)22-20-10-15/h7-12H,1-6H3,(H2,21,23,24). The number of anilines is 1. The molecule has 0 saturated heterocycles. The maximum atomic E-state index is 12.5. The quantitative estimate of drug-likeness (QED) is 0.807. The fourth-order valence-corrected chi connectivity index (χ4v) is 3.74. The summed E-state index contributed by atoms with van der Waals surface area (Å²) >= 11 is 0. The lowest BCUT2D eigenvalue weighted by atomic mass is 9.90. The van der Waals surface area contributed by atoms with Gasteiger partial charge in [0.05, 0.1) is 11.9 Å². The summed E-state index contributed by atoms with van der Waals surface area (Å²) in [5, 5.41) is 10.1. The number of benzene rings is 1. The Morgan fingerprint density at radius 1 is 1.00 bits per heavy atom. The third kappa shape index (κ3) is 5.03. The number of amides is 2. The van der Waals surface area contributed by atoms with E-state index in [2.05, 4.69) is 15.5 Å². The van der Waals surface area contributed by atoms with Gasteiger partial charge in [0.1, 0.15) is 4.90 Å². The van der Waals surface area contributed by atoms with Crippen molar-refractivity contribution < 1.29 is 13.2 Å². The molecule has 0 aliphatic rings. The first-order chi connectivity index (χ1) is 12.5. The molecule has 0 bridgehead atoms. The number of carbonyl (C=O) groups excluding carboxylic acids is 1. The highest BCUT2D eigenvalue weighted by Crippen LogP contribution is 2.33. The molecule has 2 N–H and O–H groups in total. The molecule has 7 nitrogen and oxygen atoms in total. The number of aryl methyl sites for hydroxylation is 2. The average molecular weight is 391 g/mol. The monoisotopic (exact) mass is 390 g/mol. The summed E-state index contributed by atoms with van der Waals surface area (Å²) in [6, 6.07) is 4.57. The second-order valence-electron chi connectivity index (χ2n) is 7.22. The zero-order chi connectivity index (χ0) is 20.4. The van der Waals surface area contributed by atoms with Crippen molar-refractivity contribution in [3.63, 3.8) is 0 Å². The lowest BCUT2D eigenvalue weighted by Crippen LogP contribution is -2.35. The van der Waals surface area contributed by atoms with Gasteiger partial charge >= 0.3 is 6.03 Å².